The van der Waals surface area contributed by atoms with Gasteiger partial charge in [0.05, 0.1) is 58.7 Å². The number of aromatic carboxylic acids is 2. The molecule has 14 nitrogen and oxygen atoms in total. The Hall–Kier alpha value is -6.18. The van der Waals surface area contributed by atoms with E-state index in [2.05, 4.69) is 25.7 Å². The number of morpholine rings is 1. The predicted octanol–water partition coefficient (Wildman–Crippen LogP) is 5.68. The van der Waals surface area contributed by atoms with Gasteiger partial charge < -0.3 is 25.2 Å². The Morgan fingerprint density at radius 3 is 2.10 bits per heavy atom. The average molecular weight is 705 g/mol. The molecule has 3 heterocycles. The van der Waals surface area contributed by atoms with E-state index in [1.54, 1.807) is 0 Å². The third kappa shape index (κ3) is 7.59. The maximum absolute atomic E-state index is 13.5. The summed E-state index contributed by atoms with van der Waals surface area (Å²) >= 11 is 0. The van der Waals surface area contributed by atoms with Gasteiger partial charge in [0.15, 0.2) is 0 Å². The molecule has 260 valence electrons. The Morgan fingerprint density at radius 1 is 0.880 bits per heavy atom. The zero-order valence-electron chi connectivity index (χ0n) is 25.1. The van der Waals surface area contributed by atoms with Crippen LogP contribution in [-0.2, 0) is 17.1 Å². The van der Waals surface area contributed by atoms with Gasteiger partial charge in [0, 0.05) is 30.5 Å². The lowest BCUT2D eigenvalue weighted by atomic mass is 10.1. The average Bonchev–Trinajstić information content (AvgIpc) is 3.58. The first-order chi connectivity index (χ1) is 23.6. The van der Waals surface area contributed by atoms with Crippen LogP contribution in [0.4, 0.5) is 32.0 Å². The third-order valence-corrected chi connectivity index (χ3v) is 7.24. The van der Waals surface area contributed by atoms with Gasteiger partial charge in [-0.1, -0.05) is 5.21 Å². The summed E-state index contributed by atoms with van der Waals surface area (Å²) in [5, 5.41) is 32.5. The largest absolute Gasteiger partial charge is 0.478 e. The second-order valence-corrected chi connectivity index (χ2v) is 10.5. The molecule has 4 N–H and O–H groups in total. The van der Waals surface area contributed by atoms with Crippen molar-refractivity contribution >= 4 is 29.2 Å². The summed E-state index contributed by atoms with van der Waals surface area (Å²) in [5.41, 5.74) is 2.27. The molecule has 0 spiro atoms. The predicted molar refractivity (Wildman–Crippen MR) is 158 cm³/mol. The summed E-state index contributed by atoms with van der Waals surface area (Å²) in [7, 11) is 0. The van der Waals surface area contributed by atoms with Crippen molar-refractivity contribution < 1.29 is 55.7 Å². The summed E-state index contributed by atoms with van der Waals surface area (Å²) in [6.45, 7) is 1.02. The van der Waals surface area contributed by atoms with E-state index >= 15 is 0 Å². The van der Waals surface area contributed by atoms with E-state index in [-0.39, 0.29) is 66.0 Å². The Bertz CT molecular complexity index is 2020. The lowest BCUT2D eigenvalue weighted by Gasteiger charge is -2.27. The van der Waals surface area contributed by atoms with E-state index in [1.165, 1.54) is 23.2 Å². The molecule has 20 heteroatoms. The molecule has 0 radical (unpaired) electrons. The second-order valence-electron chi connectivity index (χ2n) is 10.5. The van der Waals surface area contributed by atoms with Crippen LogP contribution in [0.15, 0.2) is 66.0 Å². The van der Waals surface area contributed by atoms with Crippen molar-refractivity contribution in [2.45, 2.75) is 12.4 Å². The highest BCUT2D eigenvalue weighted by Crippen LogP contribution is 2.35. The molecule has 4 aromatic rings. The number of rotatable bonds is 9. The topological polar surface area (TPSA) is 196 Å². The Balaban J connectivity index is 1.55. The summed E-state index contributed by atoms with van der Waals surface area (Å²) in [6.07, 6.45) is -7.63. The molecule has 1 aliphatic rings. The number of carbonyl (C=O) groups excluding carboxylic acids is 1. The molecule has 0 aliphatic carbocycles. The maximum Gasteiger partial charge on any atom is 0.417 e. The van der Waals surface area contributed by atoms with Crippen LogP contribution in [-0.4, -0.2) is 79.2 Å². The number of alkyl halides is 6. The molecule has 1 amide bonds. The molecule has 1 saturated heterocycles. The molecule has 1 fully saturated rings. The quantitative estimate of drug-likeness (QED) is 0.124. The number of anilines is 1. The van der Waals surface area contributed by atoms with E-state index in [0.717, 1.165) is 35.1 Å². The first-order valence-electron chi connectivity index (χ1n) is 14.1. The van der Waals surface area contributed by atoms with Crippen LogP contribution in [0.1, 0.15) is 47.9 Å². The number of nitrogens with one attached hydrogen (secondary N) is 2. The molecule has 1 aliphatic heterocycles. The molecule has 0 atom stereocenters. The molecule has 50 heavy (non-hydrogen) atoms. The van der Waals surface area contributed by atoms with E-state index in [4.69, 9.17) is 10.3 Å². The van der Waals surface area contributed by atoms with Gasteiger partial charge in [0.25, 0.3) is 5.91 Å². The monoisotopic (exact) mass is 704 g/mol. The van der Waals surface area contributed by atoms with Crippen molar-refractivity contribution in [3.8, 4) is 17.1 Å². The van der Waals surface area contributed by atoms with E-state index in [9.17, 15) is 50.9 Å². The normalized spacial score (nSPS) is 14.0. The molecule has 0 unspecified atom stereocenters. The first-order valence-corrected chi connectivity index (χ1v) is 14.1. The van der Waals surface area contributed by atoms with Gasteiger partial charge in [-0.25, -0.2) is 24.8 Å². The van der Waals surface area contributed by atoms with Crippen molar-refractivity contribution in [1.29, 1.82) is 5.53 Å². The highest BCUT2D eigenvalue weighted by molar-refractivity contribution is 5.96. The SMILES string of the molecule is N=N/C(=C\Nc1ccc(C(F)(F)F)c(C(=O)O)c1)c1cc(C(=O)N2CCOCC2)cc(-c2cn(-c3ccc(C(F)(F)F)c(C(=O)O)c3)nn2)n1. The Kier molecular flexibility index (Phi) is 9.66. The van der Waals surface area contributed by atoms with Crippen LogP contribution in [0.2, 0.25) is 0 Å². The number of hydrogen-bond acceptors (Lipinski definition) is 10. The van der Waals surface area contributed by atoms with Crippen LogP contribution < -0.4 is 5.32 Å². The van der Waals surface area contributed by atoms with E-state index in [1.807, 2.05) is 0 Å². The van der Waals surface area contributed by atoms with Crippen molar-refractivity contribution in [3.63, 3.8) is 0 Å². The fourth-order valence-electron chi connectivity index (χ4n) is 4.85. The summed E-state index contributed by atoms with van der Waals surface area (Å²) < 4.78 is 86.2. The van der Waals surface area contributed by atoms with Gasteiger partial charge in [-0.15, -0.1) is 5.10 Å². The highest BCUT2D eigenvalue weighted by Gasteiger charge is 2.36. The minimum absolute atomic E-state index is 0.0291. The molecule has 0 saturated carbocycles. The molecular weight excluding hydrogens is 682 g/mol. The lowest BCUT2D eigenvalue weighted by molar-refractivity contribution is -0.138. The highest BCUT2D eigenvalue weighted by atomic mass is 19.4. The summed E-state index contributed by atoms with van der Waals surface area (Å²) in [5.74, 6) is -4.15. The number of nitrogens with zero attached hydrogens (tertiary/aromatic N) is 6. The maximum atomic E-state index is 13.5. The summed E-state index contributed by atoms with van der Waals surface area (Å²) in [6, 6.07) is 7.17. The number of carbonyl (C=O) groups is 3. The number of aromatic nitrogens is 4. The lowest BCUT2D eigenvalue weighted by Crippen LogP contribution is -2.40. The van der Waals surface area contributed by atoms with Gasteiger partial charge >= 0.3 is 24.3 Å². The van der Waals surface area contributed by atoms with Crippen LogP contribution >= 0.6 is 0 Å². The van der Waals surface area contributed by atoms with Crippen LogP contribution in [0.3, 0.4) is 0 Å². The van der Waals surface area contributed by atoms with Crippen molar-refractivity contribution in [2.24, 2.45) is 5.11 Å². The van der Waals surface area contributed by atoms with Crippen LogP contribution in [0, 0.1) is 5.53 Å². The van der Waals surface area contributed by atoms with Gasteiger partial charge in [0.2, 0.25) is 0 Å². The molecule has 0 bridgehead atoms. The number of halogens is 6. The fourth-order valence-corrected chi connectivity index (χ4v) is 4.85. The number of carboxylic acid groups (broad SMARTS) is 2. The molecule has 5 rings (SSSR count). The van der Waals surface area contributed by atoms with E-state index in [0.29, 0.717) is 12.1 Å². The Morgan fingerprint density at radius 2 is 1.50 bits per heavy atom. The van der Waals surface area contributed by atoms with Gasteiger partial charge in [-0.3, -0.25) is 4.79 Å². The number of carboxylic acids is 2. The van der Waals surface area contributed by atoms with Gasteiger partial charge in [-0.05, 0) is 48.5 Å². The number of benzene rings is 2. The second kappa shape index (κ2) is 13.7. The Labute approximate surface area is 276 Å². The zero-order chi connectivity index (χ0) is 36.4. The number of amides is 1. The van der Waals surface area contributed by atoms with Gasteiger partial charge in [0.1, 0.15) is 11.4 Å². The van der Waals surface area contributed by atoms with Crippen LogP contribution in [0.25, 0.3) is 22.8 Å². The zero-order valence-corrected chi connectivity index (χ0v) is 25.1. The van der Waals surface area contributed by atoms with Gasteiger partial charge in [-0.2, -0.15) is 31.5 Å². The number of pyridine rings is 1. The van der Waals surface area contributed by atoms with Crippen molar-refractivity contribution in [3.05, 3.63) is 94.4 Å². The standard InChI is InChI=1S/C30H22F6N8O6/c31-29(32,33)20-3-1-16(11-18(20)27(46)47)38-13-24(40-37)22-9-15(26(45)43-5-7-50-8-6-43)10-23(39-22)25-14-44(42-41-25)17-2-4-21(30(34,35)36)19(12-17)28(48)49/h1-4,9-14,37-38H,5-8H2,(H,46,47)(H,48,49)/b24-13-,40-37?. The number of hydrogen-bond donors (Lipinski definition) is 4. The third-order valence-electron chi connectivity index (χ3n) is 7.24. The summed E-state index contributed by atoms with van der Waals surface area (Å²) in [4.78, 5) is 42.4. The van der Waals surface area contributed by atoms with Crippen LogP contribution in [0.5, 0.6) is 0 Å². The minimum atomic E-state index is -4.94. The molecular formula is C30H22F6N8O6. The smallest absolute Gasteiger partial charge is 0.417 e. The minimum Gasteiger partial charge on any atom is -0.478 e. The van der Waals surface area contributed by atoms with E-state index < -0.39 is 52.5 Å². The molecule has 2 aromatic heterocycles. The fraction of sp³-hybridized carbons (Fsp3) is 0.200. The van der Waals surface area contributed by atoms with Crippen molar-refractivity contribution in [2.75, 3.05) is 31.6 Å². The molecule has 2 aromatic carbocycles. The number of ether oxygens (including phenoxy) is 1. The first kappa shape index (κ1) is 35.1. The van der Waals surface area contributed by atoms with Crippen molar-refractivity contribution in [1.82, 2.24) is 24.9 Å².